The Bertz CT molecular complexity index is 712. The molecule has 1 aliphatic heterocycles. The van der Waals surface area contributed by atoms with Crippen molar-refractivity contribution in [1.29, 1.82) is 0 Å². The molecule has 1 fully saturated rings. The number of piperidine rings is 1. The summed E-state index contributed by atoms with van der Waals surface area (Å²) in [6, 6.07) is 4.13. The van der Waals surface area contributed by atoms with Crippen molar-refractivity contribution in [2.45, 2.75) is 31.7 Å². The predicted octanol–water partition coefficient (Wildman–Crippen LogP) is 1.89. The van der Waals surface area contributed by atoms with E-state index in [4.69, 9.17) is 9.15 Å². The van der Waals surface area contributed by atoms with Crippen LogP contribution < -0.4 is 10.6 Å². The number of rotatable bonds is 9. The van der Waals surface area contributed by atoms with Gasteiger partial charge in [0, 0.05) is 59.4 Å². The molecular weight excluding hydrogens is 485 g/mol. The first-order valence-electron chi connectivity index (χ1n) is 9.92. The highest BCUT2D eigenvalue weighted by Crippen LogP contribution is 2.14. The van der Waals surface area contributed by atoms with E-state index in [2.05, 4.69) is 35.7 Å². The Hall–Kier alpha value is -1.66. The van der Waals surface area contributed by atoms with Crippen molar-refractivity contribution >= 4 is 29.9 Å². The average Bonchev–Trinajstić information content (AvgIpc) is 3.40. The molecule has 3 heterocycles. The number of nitrogens with zero attached hydrogens (tertiary/aromatic N) is 4. The Kier molecular flexibility index (Phi) is 10.4. The van der Waals surface area contributed by atoms with Crippen LogP contribution in [-0.2, 0) is 11.2 Å². The summed E-state index contributed by atoms with van der Waals surface area (Å²) in [7, 11) is 3.56. The summed E-state index contributed by atoms with van der Waals surface area (Å²) in [6.07, 6.45) is 5.70. The average molecular weight is 517 g/mol. The zero-order chi connectivity index (χ0) is 19.6. The minimum atomic E-state index is 0. The molecule has 3 N–H and O–H groups in total. The van der Waals surface area contributed by atoms with Gasteiger partial charge >= 0.3 is 0 Å². The van der Waals surface area contributed by atoms with Crippen LogP contribution in [0.25, 0.3) is 11.6 Å². The largest absolute Gasteiger partial charge is 0.461 e. The van der Waals surface area contributed by atoms with Gasteiger partial charge < -0.3 is 24.7 Å². The van der Waals surface area contributed by atoms with Crippen molar-refractivity contribution < 1.29 is 9.15 Å². The highest BCUT2D eigenvalue weighted by Gasteiger charge is 2.19. The van der Waals surface area contributed by atoms with Crippen LogP contribution in [0.4, 0.5) is 0 Å². The first kappa shape index (κ1) is 23.6. The molecule has 3 rings (SSSR count). The van der Waals surface area contributed by atoms with E-state index in [0.29, 0.717) is 17.6 Å². The number of hydrogen-bond acceptors (Lipinski definition) is 6. The van der Waals surface area contributed by atoms with E-state index in [0.717, 1.165) is 70.3 Å². The number of aromatic amines is 1. The Balaban J connectivity index is 0.00000300. The van der Waals surface area contributed by atoms with Crippen molar-refractivity contribution in [3.63, 3.8) is 0 Å². The van der Waals surface area contributed by atoms with Gasteiger partial charge in [0.25, 0.3) is 0 Å². The van der Waals surface area contributed by atoms with Crippen LogP contribution in [0.15, 0.2) is 27.8 Å². The molecule has 9 nitrogen and oxygen atoms in total. The number of guanidine groups is 1. The first-order valence-corrected chi connectivity index (χ1v) is 9.92. The molecule has 0 unspecified atom stereocenters. The van der Waals surface area contributed by atoms with Gasteiger partial charge in [-0.15, -0.1) is 24.0 Å². The first-order chi connectivity index (χ1) is 13.8. The van der Waals surface area contributed by atoms with Gasteiger partial charge in [-0.25, -0.2) is 4.98 Å². The number of ether oxygens (including phenoxy) is 1. The summed E-state index contributed by atoms with van der Waals surface area (Å²) in [5.74, 6) is 2.91. The number of furan rings is 1. The fourth-order valence-corrected chi connectivity index (χ4v) is 3.34. The molecule has 2 aromatic rings. The zero-order valence-corrected chi connectivity index (χ0v) is 19.5. The van der Waals surface area contributed by atoms with Crippen LogP contribution in [0.2, 0.25) is 0 Å². The molecule has 2 aromatic heterocycles. The highest BCUT2D eigenvalue weighted by atomic mass is 127. The third-order valence-electron chi connectivity index (χ3n) is 4.90. The summed E-state index contributed by atoms with van der Waals surface area (Å²) < 4.78 is 10.4. The summed E-state index contributed by atoms with van der Waals surface area (Å²) in [5, 5.41) is 14.0. The quantitative estimate of drug-likeness (QED) is 0.202. The Morgan fingerprint density at radius 3 is 2.93 bits per heavy atom. The third-order valence-corrected chi connectivity index (χ3v) is 4.90. The number of aliphatic imine (C=N–C) groups is 1. The fraction of sp³-hybridized carbons (Fsp3) is 0.632. The number of aromatic nitrogens is 3. The van der Waals surface area contributed by atoms with Crippen LogP contribution >= 0.6 is 24.0 Å². The van der Waals surface area contributed by atoms with Gasteiger partial charge in [-0.2, -0.15) is 5.10 Å². The molecule has 162 valence electrons. The fourth-order valence-electron chi connectivity index (χ4n) is 3.34. The van der Waals surface area contributed by atoms with Crippen molar-refractivity contribution in [3.8, 4) is 11.6 Å². The topological polar surface area (TPSA) is 104 Å². The predicted molar refractivity (Wildman–Crippen MR) is 124 cm³/mol. The minimum absolute atomic E-state index is 0. The Morgan fingerprint density at radius 2 is 2.24 bits per heavy atom. The zero-order valence-electron chi connectivity index (χ0n) is 17.2. The maximum absolute atomic E-state index is 5.31. The Morgan fingerprint density at radius 1 is 1.41 bits per heavy atom. The van der Waals surface area contributed by atoms with E-state index in [1.807, 2.05) is 12.1 Å². The lowest BCUT2D eigenvalue weighted by Crippen LogP contribution is -2.49. The Labute approximate surface area is 189 Å². The molecule has 0 aliphatic carbocycles. The molecule has 0 atom stereocenters. The smallest absolute Gasteiger partial charge is 0.216 e. The van der Waals surface area contributed by atoms with E-state index in [1.165, 1.54) is 0 Å². The molecular formula is C19H32IN7O2. The molecule has 0 bridgehead atoms. The van der Waals surface area contributed by atoms with Crippen LogP contribution in [0, 0.1) is 0 Å². The van der Waals surface area contributed by atoms with E-state index >= 15 is 0 Å². The lowest BCUT2D eigenvalue weighted by molar-refractivity contribution is 0.155. The maximum Gasteiger partial charge on any atom is 0.216 e. The molecule has 0 amide bonds. The van der Waals surface area contributed by atoms with E-state index < -0.39 is 0 Å². The second-order valence-corrected chi connectivity index (χ2v) is 6.94. The molecule has 0 saturated carbocycles. The molecule has 1 saturated heterocycles. The highest BCUT2D eigenvalue weighted by molar-refractivity contribution is 14.0. The van der Waals surface area contributed by atoms with Crippen molar-refractivity contribution in [3.05, 3.63) is 24.2 Å². The van der Waals surface area contributed by atoms with E-state index in [9.17, 15) is 0 Å². The van der Waals surface area contributed by atoms with E-state index in [-0.39, 0.29) is 24.0 Å². The number of halogens is 1. The summed E-state index contributed by atoms with van der Waals surface area (Å²) in [5.41, 5.74) is 0. The lowest BCUT2D eigenvalue weighted by Gasteiger charge is -2.33. The third kappa shape index (κ3) is 7.59. The molecule has 0 aromatic carbocycles. The number of hydrogen-bond donors (Lipinski definition) is 3. The molecule has 1 aliphatic rings. The van der Waals surface area contributed by atoms with E-state index in [1.54, 1.807) is 20.4 Å². The van der Waals surface area contributed by atoms with Gasteiger partial charge in [-0.05, 0) is 31.4 Å². The normalized spacial score (nSPS) is 15.9. The number of H-pyrrole nitrogens is 1. The summed E-state index contributed by atoms with van der Waals surface area (Å²) in [6.45, 7) is 4.91. The van der Waals surface area contributed by atoms with Gasteiger partial charge in [0.05, 0.1) is 6.26 Å². The second-order valence-electron chi connectivity index (χ2n) is 6.94. The number of likely N-dealkylation sites (tertiary alicyclic amines) is 1. The molecule has 10 heteroatoms. The van der Waals surface area contributed by atoms with Crippen LogP contribution in [-0.4, -0.2) is 79.0 Å². The SMILES string of the molecule is CN=C(NCCc1nc(-c2ccco2)n[nH]1)NC1CCN(CCCOC)CC1.I. The molecule has 0 spiro atoms. The van der Waals surface area contributed by atoms with Gasteiger partial charge in [0.1, 0.15) is 5.82 Å². The number of nitrogens with one attached hydrogen (secondary N) is 3. The second kappa shape index (κ2) is 12.8. The van der Waals surface area contributed by atoms with Crippen molar-refractivity contribution in [2.24, 2.45) is 4.99 Å². The van der Waals surface area contributed by atoms with Gasteiger partial charge in [0.15, 0.2) is 11.7 Å². The van der Waals surface area contributed by atoms with Crippen LogP contribution in [0.3, 0.4) is 0 Å². The number of methoxy groups -OCH3 is 1. The lowest BCUT2D eigenvalue weighted by atomic mass is 10.1. The summed E-state index contributed by atoms with van der Waals surface area (Å²) in [4.78, 5) is 11.3. The standard InChI is InChI=1S/C19H31N7O2.HI/c1-20-19(22-15-7-11-26(12-8-15)10-4-13-27-2)21-9-6-17-23-18(25-24-17)16-5-3-14-28-16;/h3,5,14-15H,4,6-13H2,1-2H3,(H2,20,21,22)(H,23,24,25);1H. The van der Waals surface area contributed by atoms with Crippen molar-refractivity contribution in [2.75, 3.05) is 46.9 Å². The summed E-state index contributed by atoms with van der Waals surface area (Å²) >= 11 is 0. The molecule has 0 radical (unpaired) electrons. The minimum Gasteiger partial charge on any atom is -0.461 e. The van der Waals surface area contributed by atoms with Gasteiger partial charge in [0.2, 0.25) is 5.82 Å². The maximum atomic E-state index is 5.31. The van der Waals surface area contributed by atoms with Crippen LogP contribution in [0.1, 0.15) is 25.1 Å². The van der Waals surface area contributed by atoms with Gasteiger partial charge in [-0.1, -0.05) is 0 Å². The monoisotopic (exact) mass is 517 g/mol. The molecule has 29 heavy (non-hydrogen) atoms. The van der Waals surface area contributed by atoms with Crippen molar-refractivity contribution in [1.82, 2.24) is 30.7 Å². The van der Waals surface area contributed by atoms with Crippen LogP contribution in [0.5, 0.6) is 0 Å². The van der Waals surface area contributed by atoms with Gasteiger partial charge in [-0.3, -0.25) is 10.1 Å².